The van der Waals surface area contributed by atoms with Crippen LogP contribution in [0.4, 0.5) is 0 Å². The van der Waals surface area contributed by atoms with Gasteiger partial charge in [0.25, 0.3) is 5.91 Å². The highest BCUT2D eigenvalue weighted by atomic mass is 16.3. The fourth-order valence-corrected chi connectivity index (χ4v) is 4.26. The lowest BCUT2D eigenvalue weighted by molar-refractivity contribution is 0.0735. The Balaban J connectivity index is 1.35. The van der Waals surface area contributed by atoms with Crippen molar-refractivity contribution >= 4 is 5.91 Å². The van der Waals surface area contributed by atoms with E-state index in [1.165, 1.54) is 17.7 Å². The van der Waals surface area contributed by atoms with Crippen LogP contribution < -0.4 is 5.32 Å². The van der Waals surface area contributed by atoms with Crippen molar-refractivity contribution in [3.05, 3.63) is 89.2 Å². The summed E-state index contributed by atoms with van der Waals surface area (Å²) >= 11 is 0. The molecule has 1 saturated heterocycles. The summed E-state index contributed by atoms with van der Waals surface area (Å²) in [5, 5.41) is 22.8. The molecule has 1 aliphatic heterocycles. The summed E-state index contributed by atoms with van der Waals surface area (Å²) < 4.78 is 0. The number of aromatic nitrogens is 1. The minimum atomic E-state index is -0.275. The van der Waals surface area contributed by atoms with E-state index in [9.17, 15) is 15.0 Å². The Kier molecular flexibility index (Phi) is 7.02. The molecule has 3 aromatic rings. The monoisotopic (exact) mass is 431 g/mol. The first kappa shape index (κ1) is 21.8. The first-order valence-electron chi connectivity index (χ1n) is 11.1. The second-order valence-corrected chi connectivity index (χ2v) is 8.21. The van der Waals surface area contributed by atoms with Crippen LogP contribution in [0.2, 0.25) is 0 Å². The number of aryl methyl sites for hydroxylation is 1. The average molecular weight is 432 g/mol. The Morgan fingerprint density at radius 2 is 1.97 bits per heavy atom. The third-order valence-corrected chi connectivity index (χ3v) is 5.91. The second kappa shape index (κ2) is 10.3. The zero-order valence-electron chi connectivity index (χ0n) is 18.1. The molecule has 166 valence electrons. The van der Waals surface area contributed by atoms with Crippen LogP contribution in [0.5, 0.6) is 11.5 Å². The molecule has 2 aromatic carbocycles. The largest absolute Gasteiger partial charge is 0.504 e. The van der Waals surface area contributed by atoms with Gasteiger partial charge in [-0.1, -0.05) is 30.3 Å². The van der Waals surface area contributed by atoms with E-state index in [0.29, 0.717) is 12.1 Å². The molecule has 1 aliphatic rings. The van der Waals surface area contributed by atoms with E-state index in [0.717, 1.165) is 50.0 Å². The predicted molar refractivity (Wildman–Crippen MR) is 123 cm³/mol. The highest BCUT2D eigenvalue weighted by Gasteiger charge is 2.31. The van der Waals surface area contributed by atoms with Gasteiger partial charge < -0.3 is 20.4 Å². The molecule has 0 saturated carbocycles. The smallest absolute Gasteiger partial charge is 0.254 e. The lowest BCUT2D eigenvalue weighted by atomic mass is 10.0. The number of carbonyl (C=O) groups excluding carboxylic acids is 1. The summed E-state index contributed by atoms with van der Waals surface area (Å²) in [6.45, 7) is 2.38. The van der Waals surface area contributed by atoms with Crippen LogP contribution in [0.25, 0.3) is 0 Å². The molecule has 0 spiro atoms. The van der Waals surface area contributed by atoms with Crippen LogP contribution in [0, 0.1) is 0 Å². The maximum Gasteiger partial charge on any atom is 0.254 e. The van der Waals surface area contributed by atoms with E-state index >= 15 is 0 Å². The van der Waals surface area contributed by atoms with E-state index in [1.54, 1.807) is 6.07 Å². The number of nitrogens with zero attached hydrogens (tertiary/aromatic N) is 2. The van der Waals surface area contributed by atoms with Crippen molar-refractivity contribution in [1.29, 1.82) is 0 Å². The molecule has 1 aromatic heterocycles. The van der Waals surface area contributed by atoms with Crippen LogP contribution in [0.1, 0.15) is 52.5 Å². The highest BCUT2D eigenvalue weighted by molar-refractivity contribution is 5.95. The lowest BCUT2D eigenvalue weighted by Gasteiger charge is -2.26. The number of benzene rings is 2. The Labute approximate surface area is 188 Å². The summed E-state index contributed by atoms with van der Waals surface area (Å²) in [5.41, 5.74) is 3.83. The van der Waals surface area contributed by atoms with Crippen molar-refractivity contribution in [3.8, 4) is 11.5 Å². The standard InChI is InChI=1S/C26H29N3O3/c30-24-12-11-21(17-25(24)31)26(32)29-15-5-10-23(29)20-7-3-6-19(16-20)18-27-13-4-9-22-8-1-2-14-28-22/h1-3,6-8,11-12,14,16-17,23,27,30-31H,4-5,9-10,13,15,18H2. The number of likely N-dealkylation sites (tertiary alicyclic amines) is 1. The van der Waals surface area contributed by atoms with Crippen molar-refractivity contribution < 1.29 is 15.0 Å². The molecule has 32 heavy (non-hydrogen) atoms. The molecule has 1 unspecified atom stereocenters. The molecule has 2 heterocycles. The van der Waals surface area contributed by atoms with Crippen LogP contribution >= 0.6 is 0 Å². The van der Waals surface area contributed by atoms with Gasteiger partial charge in [-0.25, -0.2) is 0 Å². The molecule has 0 bridgehead atoms. The van der Waals surface area contributed by atoms with E-state index < -0.39 is 0 Å². The van der Waals surface area contributed by atoms with Gasteiger partial charge in [0, 0.05) is 30.5 Å². The van der Waals surface area contributed by atoms with Gasteiger partial charge in [-0.3, -0.25) is 9.78 Å². The SMILES string of the molecule is O=C(c1ccc(O)c(O)c1)N1CCCC1c1cccc(CNCCCc2ccccn2)c1. The molecular formula is C26H29N3O3. The van der Waals surface area contributed by atoms with Gasteiger partial charge in [0.1, 0.15) is 0 Å². The molecule has 3 N–H and O–H groups in total. The van der Waals surface area contributed by atoms with Gasteiger partial charge in [0.2, 0.25) is 0 Å². The van der Waals surface area contributed by atoms with Crippen molar-refractivity contribution in [2.75, 3.05) is 13.1 Å². The number of pyridine rings is 1. The van der Waals surface area contributed by atoms with Gasteiger partial charge >= 0.3 is 0 Å². The normalized spacial score (nSPS) is 15.8. The minimum absolute atomic E-state index is 0.0163. The maximum absolute atomic E-state index is 13.1. The third-order valence-electron chi connectivity index (χ3n) is 5.91. The zero-order chi connectivity index (χ0) is 22.3. The van der Waals surface area contributed by atoms with Gasteiger partial charge in [-0.15, -0.1) is 0 Å². The number of phenolic OH excluding ortho intramolecular Hbond substituents is 2. The molecule has 1 fully saturated rings. The molecule has 4 rings (SSSR count). The number of nitrogens with one attached hydrogen (secondary N) is 1. The Bertz CT molecular complexity index is 1060. The average Bonchev–Trinajstić information content (AvgIpc) is 3.31. The van der Waals surface area contributed by atoms with Crippen LogP contribution in [0.3, 0.4) is 0 Å². The number of hydrogen-bond acceptors (Lipinski definition) is 5. The summed E-state index contributed by atoms with van der Waals surface area (Å²) in [6, 6.07) is 18.7. The predicted octanol–water partition coefficient (Wildman–Crippen LogP) is 4.19. The van der Waals surface area contributed by atoms with E-state index in [4.69, 9.17) is 0 Å². The lowest BCUT2D eigenvalue weighted by Crippen LogP contribution is -2.30. The number of phenols is 2. The number of hydrogen-bond donors (Lipinski definition) is 3. The first-order valence-corrected chi connectivity index (χ1v) is 11.1. The van der Waals surface area contributed by atoms with Crippen molar-refractivity contribution in [3.63, 3.8) is 0 Å². The number of amides is 1. The molecule has 1 atom stereocenters. The van der Waals surface area contributed by atoms with Crippen LogP contribution in [0.15, 0.2) is 66.9 Å². The topological polar surface area (TPSA) is 85.7 Å². The minimum Gasteiger partial charge on any atom is -0.504 e. The van der Waals surface area contributed by atoms with Gasteiger partial charge in [0.05, 0.1) is 6.04 Å². The molecule has 0 aliphatic carbocycles. The van der Waals surface area contributed by atoms with Crippen molar-refractivity contribution in [2.24, 2.45) is 0 Å². The van der Waals surface area contributed by atoms with Crippen molar-refractivity contribution in [2.45, 2.75) is 38.3 Å². The fourth-order valence-electron chi connectivity index (χ4n) is 4.26. The fraction of sp³-hybridized carbons (Fsp3) is 0.308. The Morgan fingerprint density at radius 1 is 1.06 bits per heavy atom. The Hall–Kier alpha value is -3.38. The molecule has 1 amide bonds. The summed E-state index contributed by atoms with van der Waals surface area (Å²) in [7, 11) is 0. The van der Waals surface area contributed by atoms with Gasteiger partial charge in [0.15, 0.2) is 11.5 Å². The number of rotatable bonds is 8. The quantitative estimate of drug-likeness (QED) is 0.368. The number of aromatic hydroxyl groups is 2. The van der Waals surface area contributed by atoms with Crippen LogP contribution in [-0.2, 0) is 13.0 Å². The second-order valence-electron chi connectivity index (χ2n) is 8.21. The van der Waals surface area contributed by atoms with Gasteiger partial charge in [-0.2, -0.15) is 0 Å². The maximum atomic E-state index is 13.1. The van der Waals surface area contributed by atoms with Crippen LogP contribution in [-0.4, -0.2) is 39.1 Å². The van der Waals surface area contributed by atoms with E-state index in [1.807, 2.05) is 29.3 Å². The summed E-state index contributed by atoms with van der Waals surface area (Å²) in [4.78, 5) is 19.3. The highest BCUT2D eigenvalue weighted by Crippen LogP contribution is 2.34. The van der Waals surface area contributed by atoms with E-state index in [-0.39, 0.29) is 23.4 Å². The Morgan fingerprint density at radius 3 is 2.78 bits per heavy atom. The number of carbonyl (C=O) groups is 1. The third kappa shape index (κ3) is 5.26. The molecule has 0 radical (unpaired) electrons. The molecule has 6 heteroatoms. The summed E-state index contributed by atoms with van der Waals surface area (Å²) in [6.07, 6.45) is 5.67. The zero-order valence-corrected chi connectivity index (χ0v) is 18.1. The summed E-state index contributed by atoms with van der Waals surface area (Å²) in [5.74, 6) is -0.622. The van der Waals surface area contributed by atoms with E-state index in [2.05, 4.69) is 34.6 Å². The first-order chi connectivity index (χ1) is 15.6. The molecule has 6 nitrogen and oxygen atoms in total. The molecular weight excluding hydrogens is 402 g/mol. The van der Waals surface area contributed by atoms with Crippen molar-refractivity contribution in [1.82, 2.24) is 15.2 Å². The van der Waals surface area contributed by atoms with Gasteiger partial charge in [-0.05, 0) is 73.7 Å².